The van der Waals surface area contributed by atoms with Gasteiger partial charge in [0.2, 0.25) is 0 Å². The van der Waals surface area contributed by atoms with Crippen LogP contribution < -0.4 is 4.90 Å². The smallest absolute Gasteiger partial charge is 0.329 e. The van der Waals surface area contributed by atoms with Crippen molar-refractivity contribution in [3.8, 4) is 0 Å². The Bertz CT molecular complexity index is 545. The van der Waals surface area contributed by atoms with Crippen LogP contribution in [-0.2, 0) is 4.79 Å². The molecule has 0 spiro atoms. The van der Waals surface area contributed by atoms with Crippen LogP contribution >= 0.6 is 0 Å². The summed E-state index contributed by atoms with van der Waals surface area (Å²) in [4.78, 5) is 26.3. The quantitative estimate of drug-likeness (QED) is 0.924. The molecule has 0 aliphatic carbocycles. The Morgan fingerprint density at radius 1 is 1.30 bits per heavy atom. The van der Waals surface area contributed by atoms with Gasteiger partial charge in [0.1, 0.15) is 11.4 Å². The van der Waals surface area contributed by atoms with E-state index in [1.54, 1.807) is 12.1 Å². The molecule has 2 amide bonds. The summed E-state index contributed by atoms with van der Waals surface area (Å²) in [5, 5.41) is 9.24. The number of para-hydroxylation sites is 1. The van der Waals surface area contributed by atoms with Gasteiger partial charge >= 0.3 is 12.0 Å². The number of hydrogen-bond donors (Lipinski definition) is 1. The number of hydrogen-bond acceptors (Lipinski definition) is 2. The average molecular weight is 280 g/mol. The highest BCUT2D eigenvalue weighted by molar-refractivity contribution is 5.96. The molecule has 1 saturated heterocycles. The maximum Gasteiger partial charge on any atom is 0.329 e. The molecule has 1 N–H and O–H groups in total. The number of carbonyl (C=O) groups excluding carboxylic acids is 1. The molecule has 1 aromatic carbocycles. The largest absolute Gasteiger partial charge is 0.480 e. The molecule has 1 aliphatic rings. The number of halogens is 1. The maximum absolute atomic E-state index is 13.8. The van der Waals surface area contributed by atoms with Crippen LogP contribution in [0.4, 0.5) is 14.9 Å². The number of rotatable bonds is 3. The first-order chi connectivity index (χ1) is 9.35. The SMILES string of the molecule is CC(C)(C(=O)O)N1CCCN(c2ccccc2F)C1=O. The molecule has 0 radical (unpaired) electrons. The van der Waals surface area contributed by atoms with Crippen LogP contribution in [0.25, 0.3) is 0 Å². The molecule has 1 heterocycles. The Hall–Kier alpha value is -2.11. The van der Waals surface area contributed by atoms with E-state index in [1.807, 2.05) is 0 Å². The Labute approximate surface area is 116 Å². The van der Waals surface area contributed by atoms with Crippen LogP contribution in [-0.4, -0.2) is 40.6 Å². The van der Waals surface area contributed by atoms with Gasteiger partial charge in [0, 0.05) is 13.1 Å². The second-order valence-corrected chi connectivity index (χ2v) is 5.25. The maximum atomic E-state index is 13.8. The van der Waals surface area contributed by atoms with Crippen molar-refractivity contribution in [2.75, 3.05) is 18.0 Å². The highest BCUT2D eigenvalue weighted by atomic mass is 19.1. The summed E-state index contributed by atoms with van der Waals surface area (Å²) in [6.45, 7) is 3.67. The van der Waals surface area contributed by atoms with Crippen molar-refractivity contribution in [2.45, 2.75) is 25.8 Å². The zero-order valence-corrected chi connectivity index (χ0v) is 11.5. The van der Waals surface area contributed by atoms with E-state index in [4.69, 9.17) is 0 Å². The summed E-state index contributed by atoms with van der Waals surface area (Å²) in [5.41, 5.74) is -1.13. The van der Waals surface area contributed by atoms with Crippen LogP contribution in [0.15, 0.2) is 24.3 Å². The second-order valence-electron chi connectivity index (χ2n) is 5.25. The number of anilines is 1. The normalized spacial score (nSPS) is 16.4. The average Bonchev–Trinajstić information content (AvgIpc) is 2.39. The number of carboxylic acids is 1. The van der Waals surface area contributed by atoms with Crippen molar-refractivity contribution in [2.24, 2.45) is 0 Å². The summed E-state index contributed by atoms with van der Waals surface area (Å²) < 4.78 is 13.8. The van der Waals surface area contributed by atoms with E-state index >= 15 is 0 Å². The lowest BCUT2D eigenvalue weighted by Gasteiger charge is -2.42. The lowest BCUT2D eigenvalue weighted by molar-refractivity contribution is -0.147. The fourth-order valence-corrected chi connectivity index (χ4v) is 2.25. The number of aliphatic carboxylic acids is 1. The highest BCUT2D eigenvalue weighted by Crippen LogP contribution is 2.27. The summed E-state index contributed by atoms with van der Waals surface area (Å²) in [5.74, 6) is -1.57. The molecule has 0 bridgehead atoms. The van der Waals surface area contributed by atoms with Gasteiger partial charge in [-0.1, -0.05) is 12.1 Å². The molecule has 0 unspecified atom stereocenters. The molecule has 1 aromatic rings. The van der Waals surface area contributed by atoms with Crippen LogP contribution in [0, 0.1) is 5.82 Å². The van der Waals surface area contributed by atoms with Crippen LogP contribution in [0.2, 0.25) is 0 Å². The molecule has 0 atom stereocenters. The van der Waals surface area contributed by atoms with Crippen molar-refractivity contribution >= 4 is 17.7 Å². The van der Waals surface area contributed by atoms with E-state index in [0.717, 1.165) is 0 Å². The third-order valence-corrected chi connectivity index (χ3v) is 3.57. The van der Waals surface area contributed by atoms with Gasteiger partial charge in [-0.25, -0.2) is 14.0 Å². The number of amides is 2. The fraction of sp³-hybridized carbons (Fsp3) is 0.429. The van der Waals surface area contributed by atoms with Crippen molar-refractivity contribution in [3.63, 3.8) is 0 Å². The van der Waals surface area contributed by atoms with Gasteiger partial charge in [-0.3, -0.25) is 4.90 Å². The molecule has 0 saturated carbocycles. The van der Waals surface area contributed by atoms with Crippen LogP contribution in [0.5, 0.6) is 0 Å². The summed E-state index contributed by atoms with van der Waals surface area (Å²) in [7, 11) is 0. The van der Waals surface area contributed by atoms with Gasteiger partial charge < -0.3 is 10.0 Å². The van der Waals surface area contributed by atoms with Gasteiger partial charge in [-0.2, -0.15) is 0 Å². The lowest BCUT2D eigenvalue weighted by atomic mass is 10.0. The monoisotopic (exact) mass is 280 g/mol. The van der Waals surface area contributed by atoms with Crippen molar-refractivity contribution < 1.29 is 19.1 Å². The first-order valence-electron chi connectivity index (χ1n) is 6.43. The predicted octanol–water partition coefficient (Wildman–Crippen LogP) is 2.32. The molecule has 5 nitrogen and oxygen atoms in total. The molecule has 0 aromatic heterocycles. The Kier molecular flexibility index (Phi) is 3.65. The van der Waals surface area contributed by atoms with Crippen LogP contribution in [0.1, 0.15) is 20.3 Å². The molecule has 6 heteroatoms. The van der Waals surface area contributed by atoms with E-state index in [9.17, 15) is 19.1 Å². The van der Waals surface area contributed by atoms with Gasteiger partial charge in [0.25, 0.3) is 0 Å². The summed E-state index contributed by atoms with van der Waals surface area (Å²) >= 11 is 0. The molecule has 108 valence electrons. The first kappa shape index (κ1) is 14.3. The van der Waals surface area contributed by atoms with Crippen molar-refractivity contribution in [3.05, 3.63) is 30.1 Å². The first-order valence-corrected chi connectivity index (χ1v) is 6.43. The van der Waals surface area contributed by atoms with Crippen molar-refractivity contribution in [1.29, 1.82) is 0 Å². The predicted molar refractivity (Wildman–Crippen MR) is 72.2 cm³/mol. The third kappa shape index (κ3) is 2.33. The number of benzene rings is 1. The molecule has 1 aliphatic heterocycles. The standard InChI is InChI=1S/C14H17FN2O3/c1-14(2,12(18)19)17-9-5-8-16(13(17)20)11-7-4-3-6-10(11)15/h3-4,6-7H,5,8-9H2,1-2H3,(H,18,19). The van der Waals surface area contributed by atoms with E-state index in [1.165, 1.54) is 35.8 Å². The van der Waals surface area contributed by atoms with Gasteiger partial charge in [0.15, 0.2) is 0 Å². The summed E-state index contributed by atoms with van der Waals surface area (Å²) in [6.07, 6.45) is 0.594. The molecular weight excluding hydrogens is 263 g/mol. The van der Waals surface area contributed by atoms with Gasteiger partial charge in [0.05, 0.1) is 5.69 Å². The minimum atomic E-state index is -1.32. The highest BCUT2D eigenvalue weighted by Gasteiger charge is 2.42. The number of nitrogens with zero attached hydrogens (tertiary/aromatic N) is 2. The molecule has 20 heavy (non-hydrogen) atoms. The zero-order chi connectivity index (χ0) is 14.9. The Morgan fingerprint density at radius 3 is 2.55 bits per heavy atom. The van der Waals surface area contributed by atoms with Gasteiger partial charge in [-0.15, -0.1) is 0 Å². The van der Waals surface area contributed by atoms with E-state index in [0.29, 0.717) is 19.5 Å². The number of urea groups is 1. The second kappa shape index (κ2) is 5.11. The molecular formula is C14H17FN2O3. The Morgan fingerprint density at radius 2 is 1.95 bits per heavy atom. The van der Waals surface area contributed by atoms with E-state index in [2.05, 4.69) is 0 Å². The van der Waals surface area contributed by atoms with Crippen molar-refractivity contribution in [1.82, 2.24) is 4.90 Å². The number of carboxylic acid groups (broad SMARTS) is 1. The third-order valence-electron chi connectivity index (χ3n) is 3.57. The lowest BCUT2D eigenvalue weighted by Crippen LogP contribution is -2.60. The zero-order valence-electron chi connectivity index (χ0n) is 11.5. The fourth-order valence-electron chi connectivity index (χ4n) is 2.25. The topological polar surface area (TPSA) is 60.9 Å². The molecule has 1 fully saturated rings. The molecule has 2 rings (SSSR count). The van der Waals surface area contributed by atoms with Crippen LogP contribution in [0.3, 0.4) is 0 Å². The van der Waals surface area contributed by atoms with E-state index in [-0.39, 0.29) is 5.69 Å². The van der Waals surface area contributed by atoms with Gasteiger partial charge in [-0.05, 0) is 32.4 Å². The summed E-state index contributed by atoms with van der Waals surface area (Å²) in [6, 6.07) is 5.52. The number of carbonyl (C=O) groups is 2. The Balaban J connectivity index is 2.33. The minimum Gasteiger partial charge on any atom is -0.480 e. The van der Waals surface area contributed by atoms with E-state index < -0.39 is 23.4 Å². The minimum absolute atomic E-state index is 0.184.